The van der Waals surface area contributed by atoms with Gasteiger partial charge in [-0.05, 0) is 68.9 Å². The van der Waals surface area contributed by atoms with Gasteiger partial charge in [0.1, 0.15) is 17.9 Å². The lowest BCUT2D eigenvalue weighted by molar-refractivity contribution is -0.106. The predicted molar refractivity (Wildman–Crippen MR) is 180 cm³/mol. The van der Waals surface area contributed by atoms with E-state index < -0.39 is 20.3 Å². The molecule has 1 aliphatic carbocycles. The first-order chi connectivity index (χ1) is 21.6. The van der Waals surface area contributed by atoms with Crippen molar-refractivity contribution in [3.63, 3.8) is 0 Å². The number of halogens is 2. The molecule has 1 N–H and O–H groups in total. The van der Waals surface area contributed by atoms with Crippen LogP contribution in [0.4, 0.5) is 26.4 Å². The summed E-state index contributed by atoms with van der Waals surface area (Å²) in [5.74, 6) is -0.228. The number of rotatable bonds is 9. The van der Waals surface area contributed by atoms with E-state index in [9.17, 15) is 8.78 Å². The third-order valence-electron chi connectivity index (χ3n) is 10.2. The maximum atomic E-state index is 14.0. The van der Waals surface area contributed by atoms with Crippen LogP contribution in [-0.2, 0) is 4.43 Å². The van der Waals surface area contributed by atoms with E-state index >= 15 is 0 Å². The molecule has 2 aliphatic rings. The van der Waals surface area contributed by atoms with Crippen molar-refractivity contribution < 1.29 is 17.9 Å². The zero-order valence-corrected chi connectivity index (χ0v) is 29.4. The van der Waals surface area contributed by atoms with E-state index in [1.165, 1.54) is 0 Å². The largest absolute Gasteiger partial charge is 0.496 e. The first kappa shape index (κ1) is 32.4. The maximum absolute atomic E-state index is 14.0. The highest BCUT2D eigenvalue weighted by Gasteiger charge is 2.48. The Kier molecular flexibility index (Phi) is 8.15. The molecule has 13 heteroatoms. The first-order valence-corrected chi connectivity index (χ1v) is 19.0. The number of nitrogens with zero attached hydrogens (tertiary/aromatic N) is 7. The Balaban J connectivity index is 1.36. The normalized spacial score (nSPS) is 18.8. The molecule has 1 aliphatic heterocycles. The Labute approximate surface area is 270 Å². The summed E-state index contributed by atoms with van der Waals surface area (Å²) in [4.78, 5) is 16.8. The minimum absolute atomic E-state index is 0.101. The van der Waals surface area contributed by atoms with Gasteiger partial charge in [-0.15, -0.1) is 0 Å². The molecule has 4 aromatic rings. The van der Waals surface area contributed by atoms with Gasteiger partial charge in [-0.2, -0.15) is 15.1 Å². The summed E-state index contributed by atoms with van der Waals surface area (Å²) in [5, 5.41) is 8.94. The molecule has 0 unspecified atom stereocenters. The van der Waals surface area contributed by atoms with E-state index in [-0.39, 0.29) is 23.9 Å². The second kappa shape index (κ2) is 11.6. The Bertz CT molecular complexity index is 1750. The fourth-order valence-electron chi connectivity index (χ4n) is 6.13. The van der Waals surface area contributed by atoms with Crippen LogP contribution >= 0.6 is 0 Å². The van der Waals surface area contributed by atoms with Gasteiger partial charge in [0.15, 0.2) is 19.8 Å². The molecule has 0 bridgehead atoms. The zero-order valence-electron chi connectivity index (χ0n) is 28.4. The Morgan fingerprint density at radius 3 is 2.52 bits per heavy atom. The summed E-state index contributed by atoms with van der Waals surface area (Å²) in [5.41, 5.74) is 4.40. The summed E-state index contributed by atoms with van der Waals surface area (Å²) in [6.45, 7) is 18.7. The van der Waals surface area contributed by atoms with Crippen molar-refractivity contribution in [2.24, 2.45) is 0 Å². The molecule has 6 rings (SSSR count). The molecular weight excluding hydrogens is 606 g/mol. The molecule has 1 saturated heterocycles. The van der Waals surface area contributed by atoms with Gasteiger partial charge in [0, 0.05) is 25.5 Å². The third-order valence-corrected chi connectivity index (χ3v) is 14.7. The quantitative estimate of drug-likeness (QED) is 0.184. The van der Waals surface area contributed by atoms with E-state index in [2.05, 4.69) is 55.1 Å². The van der Waals surface area contributed by atoms with Crippen LogP contribution in [-0.4, -0.2) is 69.8 Å². The highest BCUT2D eigenvalue weighted by molar-refractivity contribution is 6.74. The van der Waals surface area contributed by atoms with Gasteiger partial charge in [0.2, 0.25) is 5.95 Å². The number of methoxy groups -OCH3 is 1. The van der Waals surface area contributed by atoms with Gasteiger partial charge in [-0.1, -0.05) is 20.8 Å². The minimum atomic E-state index is -2.68. The van der Waals surface area contributed by atoms with Gasteiger partial charge < -0.3 is 23.9 Å². The summed E-state index contributed by atoms with van der Waals surface area (Å²) in [7, 11) is -0.302. The number of alkyl halides is 2. The molecule has 4 heterocycles. The van der Waals surface area contributed by atoms with Gasteiger partial charge in [-0.3, -0.25) is 0 Å². The average Bonchev–Trinajstić information content (AvgIpc) is 3.70. The minimum Gasteiger partial charge on any atom is -0.496 e. The average molecular weight is 653 g/mol. The SMILES string of the molecule is COc1cc(-n2cnc(Nc3nc(N4CCC[C@H]4CO[Si](C)(C)C(C)(C)C)c4c(C)nn(C5CC(F)(F)C5)c4n3)c2)cc(C)c1C. The summed E-state index contributed by atoms with van der Waals surface area (Å²) in [6.07, 6.45) is 5.09. The Morgan fingerprint density at radius 1 is 1.11 bits per heavy atom. The highest BCUT2D eigenvalue weighted by atomic mass is 28.4. The van der Waals surface area contributed by atoms with Crippen molar-refractivity contribution in [2.75, 3.05) is 30.5 Å². The van der Waals surface area contributed by atoms with Crippen LogP contribution in [0.25, 0.3) is 16.7 Å². The standard InChI is InChI=1S/C33H46F2N8O2Si/c1-20-13-24(14-26(44-7)21(20)2)41-17-27(36-19-41)37-31-38-29(42-12-10-11-23(42)18-45-46(8,9)32(4,5)6)28-22(3)40-43(30(28)39-31)25-15-33(34,35)16-25/h13-14,17,19,23,25H,10-12,15-16,18H2,1-9H3,(H,37,38,39)/t23-/m0/s1. The number of benzene rings is 1. The number of hydrogen-bond donors (Lipinski definition) is 1. The monoisotopic (exact) mass is 652 g/mol. The number of nitrogens with one attached hydrogen (secondary N) is 1. The number of ether oxygens (including phenoxy) is 1. The number of imidazole rings is 1. The third kappa shape index (κ3) is 5.99. The highest BCUT2D eigenvalue weighted by Crippen LogP contribution is 2.47. The van der Waals surface area contributed by atoms with Gasteiger partial charge in [0.25, 0.3) is 5.92 Å². The van der Waals surface area contributed by atoms with E-state index in [4.69, 9.17) is 24.2 Å². The summed E-state index contributed by atoms with van der Waals surface area (Å²) in [6, 6.07) is 3.77. The summed E-state index contributed by atoms with van der Waals surface area (Å²) >= 11 is 0. The molecule has 0 radical (unpaired) electrons. The van der Waals surface area contributed by atoms with Crippen LogP contribution in [0.1, 0.15) is 69.3 Å². The molecule has 0 spiro atoms. The van der Waals surface area contributed by atoms with Crippen molar-refractivity contribution in [1.82, 2.24) is 29.3 Å². The molecule has 46 heavy (non-hydrogen) atoms. The molecule has 10 nitrogen and oxygen atoms in total. The summed E-state index contributed by atoms with van der Waals surface area (Å²) < 4.78 is 43.9. The smallest absolute Gasteiger partial charge is 0.252 e. The Morgan fingerprint density at radius 2 is 1.85 bits per heavy atom. The van der Waals surface area contributed by atoms with Crippen molar-refractivity contribution in [3.05, 3.63) is 41.5 Å². The topological polar surface area (TPSA) is 95.1 Å². The van der Waals surface area contributed by atoms with Crippen LogP contribution in [0.3, 0.4) is 0 Å². The van der Waals surface area contributed by atoms with E-state index in [0.717, 1.165) is 58.8 Å². The van der Waals surface area contributed by atoms with Crippen molar-refractivity contribution in [2.45, 2.75) is 103 Å². The number of fused-ring (bicyclic) bond motifs is 1. The van der Waals surface area contributed by atoms with Crippen molar-refractivity contribution >= 4 is 36.9 Å². The van der Waals surface area contributed by atoms with Gasteiger partial charge in [0.05, 0.1) is 48.8 Å². The molecule has 248 valence electrons. The number of hydrogen-bond acceptors (Lipinski definition) is 8. The molecule has 1 saturated carbocycles. The fourth-order valence-corrected chi connectivity index (χ4v) is 7.17. The number of aromatic nitrogens is 6. The second-order valence-corrected chi connectivity index (χ2v) is 19.3. The van der Waals surface area contributed by atoms with E-state index in [1.807, 2.05) is 37.6 Å². The molecule has 1 aromatic carbocycles. The van der Waals surface area contributed by atoms with Crippen LogP contribution < -0.4 is 15.0 Å². The van der Waals surface area contributed by atoms with Crippen LogP contribution in [0.2, 0.25) is 18.1 Å². The van der Waals surface area contributed by atoms with Crippen molar-refractivity contribution in [1.29, 1.82) is 0 Å². The van der Waals surface area contributed by atoms with Crippen molar-refractivity contribution in [3.8, 4) is 11.4 Å². The second-order valence-electron chi connectivity index (χ2n) is 14.5. The van der Waals surface area contributed by atoms with E-state index in [1.54, 1.807) is 18.1 Å². The van der Waals surface area contributed by atoms with Crippen LogP contribution in [0.5, 0.6) is 5.75 Å². The number of aryl methyl sites for hydroxylation is 2. The predicted octanol–water partition coefficient (Wildman–Crippen LogP) is 7.65. The lowest BCUT2D eigenvalue weighted by Gasteiger charge is -2.38. The lowest BCUT2D eigenvalue weighted by atomic mass is 9.88. The maximum Gasteiger partial charge on any atom is 0.252 e. The molecular formula is C33H46F2N8O2Si. The van der Waals surface area contributed by atoms with Crippen LogP contribution in [0, 0.1) is 20.8 Å². The first-order valence-electron chi connectivity index (χ1n) is 16.1. The molecule has 1 atom stereocenters. The Hall–Kier alpha value is -3.58. The lowest BCUT2D eigenvalue weighted by Crippen LogP contribution is -2.45. The fraction of sp³-hybridized carbons (Fsp3) is 0.576. The van der Waals surface area contributed by atoms with Crippen LogP contribution in [0.15, 0.2) is 24.7 Å². The molecule has 0 amide bonds. The van der Waals surface area contributed by atoms with Gasteiger partial charge in [-0.25, -0.2) is 18.4 Å². The van der Waals surface area contributed by atoms with Gasteiger partial charge >= 0.3 is 0 Å². The molecule has 3 aromatic heterocycles. The zero-order chi connectivity index (χ0) is 33.2. The van der Waals surface area contributed by atoms with E-state index in [0.29, 0.717) is 24.0 Å². The molecule has 2 fully saturated rings. The number of anilines is 3.